The zero-order valence-electron chi connectivity index (χ0n) is 14.3. The Hall–Kier alpha value is -2.01. The molecule has 3 aromatic rings. The second kappa shape index (κ2) is 8.12. The van der Waals surface area contributed by atoms with E-state index < -0.39 is 0 Å². The number of anilines is 1. The fourth-order valence-corrected chi connectivity index (χ4v) is 3.52. The van der Waals surface area contributed by atoms with Crippen LogP contribution in [0, 0.1) is 13.8 Å². The van der Waals surface area contributed by atoms with Crippen LogP contribution in [0.1, 0.15) is 26.4 Å². The molecule has 3 rings (SSSR count). The fourth-order valence-electron chi connectivity index (χ4n) is 2.38. The number of nitrogens with one attached hydrogen (secondary N) is 1. The van der Waals surface area contributed by atoms with E-state index in [0.29, 0.717) is 27.2 Å². The molecule has 1 N–H and O–H groups in total. The van der Waals surface area contributed by atoms with Crippen molar-refractivity contribution in [2.45, 2.75) is 20.5 Å². The maximum absolute atomic E-state index is 12.4. The van der Waals surface area contributed by atoms with Gasteiger partial charge >= 0.3 is 0 Å². The number of hydrogen-bond acceptors (Lipinski definition) is 3. The molecule has 0 saturated heterocycles. The normalized spacial score (nSPS) is 10.6. The van der Waals surface area contributed by atoms with E-state index in [1.54, 1.807) is 18.2 Å². The van der Waals surface area contributed by atoms with Gasteiger partial charge in [-0.15, -0.1) is 11.3 Å². The monoisotopic (exact) mass is 405 g/mol. The van der Waals surface area contributed by atoms with Gasteiger partial charge in [-0.25, -0.2) is 0 Å². The van der Waals surface area contributed by atoms with Crippen molar-refractivity contribution >= 4 is 46.1 Å². The Morgan fingerprint density at radius 1 is 1.15 bits per heavy atom. The standard InChI is InChI=1S/C20H17Cl2NO2S/c1-12-6-7-13(2)17(8-12)25-10-14-9-18(26-11-14)20(24)23-16-5-3-4-15(21)19(16)22/h3-9,11H,10H2,1-2H3,(H,23,24). The summed E-state index contributed by atoms with van der Waals surface area (Å²) in [5.41, 5.74) is 3.66. The molecule has 0 radical (unpaired) electrons. The van der Waals surface area contributed by atoms with Crippen LogP contribution in [-0.2, 0) is 6.61 Å². The molecule has 1 heterocycles. The summed E-state index contributed by atoms with van der Waals surface area (Å²) >= 11 is 13.4. The molecule has 0 aliphatic heterocycles. The molecule has 2 aromatic carbocycles. The van der Waals surface area contributed by atoms with Crippen LogP contribution >= 0.6 is 34.5 Å². The van der Waals surface area contributed by atoms with Crippen molar-refractivity contribution in [1.82, 2.24) is 0 Å². The third-order valence-corrected chi connectivity index (χ3v) is 5.61. The van der Waals surface area contributed by atoms with E-state index >= 15 is 0 Å². The van der Waals surface area contributed by atoms with Crippen LogP contribution in [0.5, 0.6) is 5.75 Å². The SMILES string of the molecule is Cc1ccc(C)c(OCc2csc(C(=O)Nc3cccc(Cl)c3Cl)c2)c1. The molecule has 0 aliphatic rings. The molecule has 134 valence electrons. The highest BCUT2D eigenvalue weighted by Gasteiger charge is 2.13. The van der Waals surface area contributed by atoms with E-state index in [9.17, 15) is 4.79 Å². The summed E-state index contributed by atoms with van der Waals surface area (Å²) in [5.74, 6) is 0.630. The fraction of sp³-hybridized carbons (Fsp3) is 0.150. The highest BCUT2D eigenvalue weighted by atomic mass is 35.5. The Bertz CT molecular complexity index is 953. The average Bonchev–Trinajstić information content (AvgIpc) is 3.09. The lowest BCUT2D eigenvalue weighted by Gasteiger charge is -2.09. The van der Waals surface area contributed by atoms with Crippen LogP contribution in [0.2, 0.25) is 10.0 Å². The van der Waals surface area contributed by atoms with Gasteiger partial charge in [-0.05, 0) is 54.6 Å². The van der Waals surface area contributed by atoms with E-state index in [4.69, 9.17) is 27.9 Å². The number of amides is 1. The summed E-state index contributed by atoms with van der Waals surface area (Å²) in [4.78, 5) is 13.0. The number of carbonyl (C=O) groups excluding carboxylic acids is 1. The molecule has 26 heavy (non-hydrogen) atoms. The smallest absolute Gasteiger partial charge is 0.265 e. The minimum absolute atomic E-state index is 0.225. The summed E-state index contributed by atoms with van der Waals surface area (Å²) in [6, 6.07) is 13.0. The predicted octanol–water partition coefficient (Wildman–Crippen LogP) is 6.50. The van der Waals surface area contributed by atoms with Gasteiger partial charge in [0.2, 0.25) is 0 Å². The van der Waals surface area contributed by atoms with Crippen LogP contribution < -0.4 is 10.1 Å². The number of thiophene rings is 1. The minimum Gasteiger partial charge on any atom is -0.489 e. The van der Waals surface area contributed by atoms with E-state index in [2.05, 4.69) is 11.4 Å². The lowest BCUT2D eigenvalue weighted by molar-refractivity contribution is 0.103. The van der Waals surface area contributed by atoms with E-state index in [-0.39, 0.29) is 5.91 Å². The van der Waals surface area contributed by atoms with Gasteiger partial charge in [-0.2, -0.15) is 0 Å². The van der Waals surface area contributed by atoms with Gasteiger partial charge < -0.3 is 10.1 Å². The van der Waals surface area contributed by atoms with E-state index in [0.717, 1.165) is 22.4 Å². The predicted molar refractivity (Wildman–Crippen MR) is 109 cm³/mol. The largest absolute Gasteiger partial charge is 0.489 e. The molecule has 1 amide bonds. The maximum Gasteiger partial charge on any atom is 0.265 e. The average molecular weight is 406 g/mol. The van der Waals surface area contributed by atoms with Crippen LogP contribution in [0.3, 0.4) is 0 Å². The number of ether oxygens (including phenoxy) is 1. The van der Waals surface area contributed by atoms with Crippen molar-refractivity contribution in [3.05, 3.63) is 79.5 Å². The molecule has 0 unspecified atom stereocenters. The van der Waals surface area contributed by atoms with Crippen LogP contribution in [0.4, 0.5) is 5.69 Å². The van der Waals surface area contributed by atoms with Gasteiger partial charge in [0, 0.05) is 5.56 Å². The third-order valence-electron chi connectivity index (χ3n) is 3.82. The molecule has 3 nitrogen and oxygen atoms in total. The Labute approximate surface area is 166 Å². The van der Waals surface area contributed by atoms with Gasteiger partial charge in [-0.1, -0.05) is 41.4 Å². The number of rotatable bonds is 5. The number of halogens is 2. The third kappa shape index (κ3) is 4.39. The summed E-state index contributed by atoms with van der Waals surface area (Å²) in [5, 5.41) is 5.43. The van der Waals surface area contributed by atoms with Gasteiger partial charge in [0.25, 0.3) is 5.91 Å². The summed E-state index contributed by atoms with van der Waals surface area (Å²) in [6.45, 7) is 4.45. The van der Waals surface area contributed by atoms with Crippen LogP contribution in [0.15, 0.2) is 47.8 Å². The summed E-state index contributed by atoms with van der Waals surface area (Å²) < 4.78 is 5.89. The molecule has 0 saturated carbocycles. The molecule has 0 bridgehead atoms. The first-order valence-corrected chi connectivity index (χ1v) is 9.60. The second-order valence-electron chi connectivity index (χ2n) is 5.93. The van der Waals surface area contributed by atoms with Crippen molar-refractivity contribution in [3.63, 3.8) is 0 Å². The highest BCUT2D eigenvalue weighted by molar-refractivity contribution is 7.12. The Morgan fingerprint density at radius 3 is 2.77 bits per heavy atom. The number of aryl methyl sites for hydroxylation is 2. The Balaban J connectivity index is 1.66. The quantitative estimate of drug-likeness (QED) is 0.525. The zero-order valence-corrected chi connectivity index (χ0v) is 16.6. The first-order chi connectivity index (χ1) is 12.4. The first kappa shape index (κ1) is 18.8. The Kier molecular flexibility index (Phi) is 5.87. The van der Waals surface area contributed by atoms with Crippen molar-refractivity contribution < 1.29 is 9.53 Å². The maximum atomic E-state index is 12.4. The summed E-state index contributed by atoms with van der Waals surface area (Å²) in [6.07, 6.45) is 0. The van der Waals surface area contributed by atoms with Crippen LogP contribution in [-0.4, -0.2) is 5.91 Å². The van der Waals surface area contributed by atoms with Crippen molar-refractivity contribution in [2.24, 2.45) is 0 Å². The Morgan fingerprint density at radius 2 is 1.96 bits per heavy atom. The minimum atomic E-state index is -0.225. The molecule has 6 heteroatoms. The highest BCUT2D eigenvalue weighted by Crippen LogP contribution is 2.30. The first-order valence-electron chi connectivity index (χ1n) is 7.97. The number of carbonyl (C=O) groups is 1. The lowest BCUT2D eigenvalue weighted by Crippen LogP contribution is -2.10. The zero-order chi connectivity index (χ0) is 18.7. The van der Waals surface area contributed by atoms with Crippen molar-refractivity contribution in [1.29, 1.82) is 0 Å². The molecular weight excluding hydrogens is 389 g/mol. The topological polar surface area (TPSA) is 38.3 Å². The molecule has 0 aliphatic carbocycles. The number of hydrogen-bond donors (Lipinski definition) is 1. The molecule has 0 spiro atoms. The van der Waals surface area contributed by atoms with E-state index in [1.165, 1.54) is 11.3 Å². The molecule has 0 fully saturated rings. The van der Waals surface area contributed by atoms with Gasteiger partial charge in [0.1, 0.15) is 12.4 Å². The lowest BCUT2D eigenvalue weighted by atomic mass is 10.1. The second-order valence-corrected chi connectivity index (χ2v) is 7.63. The van der Waals surface area contributed by atoms with Crippen LogP contribution in [0.25, 0.3) is 0 Å². The molecule has 0 atom stereocenters. The van der Waals surface area contributed by atoms with E-state index in [1.807, 2.05) is 37.4 Å². The van der Waals surface area contributed by atoms with Crippen molar-refractivity contribution in [2.75, 3.05) is 5.32 Å². The molecular formula is C20H17Cl2NO2S. The van der Waals surface area contributed by atoms with Gasteiger partial charge in [-0.3, -0.25) is 4.79 Å². The van der Waals surface area contributed by atoms with Gasteiger partial charge in [0.15, 0.2) is 0 Å². The summed E-state index contributed by atoms with van der Waals surface area (Å²) in [7, 11) is 0. The van der Waals surface area contributed by atoms with Crippen molar-refractivity contribution in [3.8, 4) is 5.75 Å². The van der Waals surface area contributed by atoms with Gasteiger partial charge in [0.05, 0.1) is 20.6 Å². The number of benzene rings is 2. The molecule has 1 aromatic heterocycles.